The van der Waals surface area contributed by atoms with Gasteiger partial charge in [0, 0.05) is 38.3 Å². The Morgan fingerprint density at radius 2 is 2.32 bits per heavy atom. The number of hydrogen-bond donors (Lipinski definition) is 1. The maximum Gasteiger partial charge on any atom is 0.288 e. The van der Waals surface area contributed by atoms with Gasteiger partial charge in [0.05, 0.1) is 4.92 Å². The number of halogens is 2. The third kappa shape index (κ3) is 4.04. The maximum absolute atomic E-state index is 10.8. The van der Waals surface area contributed by atoms with Crippen LogP contribution in [0.2, 0.25) is 5.02 Å². The molecule has 1 unspecified atom stereocenters. The Morgan fingerprint density at radius 1 is 1.58 bits per heavy atom. The van der Waals surface area contributed by atoms with Crippen LogP contribution in [0.5, 0.6) is 0 Å². The van der Waals surface area contributed by atoms with Crippen molar-refractivity contribution in [3.8, 4) is 0 Å². The summed E-state index contributed by atoms with van der Waals surface area (Å²) < 4.78 is 0. The molecule has 0 aromatic heterocycles. The molecule has 19 heavy (non-hydrogen) atoms. The van der Waals surface area contributed by atoms with Gasteiger partial charge in [-0.3, -0.25) is 15.0 Å². The van der Waals surface area contributed by atoms with Crippen LogP contribution >= 0.6 is 24.0 Å². The van der Waals surface area contributed by atoms with E-state index in [1.54, 1.807) is 12.1 Å². The van der Waals surface area contributed by atoms with Gasteiger partial charge in [-0.1, -0.05) is 17.7 Å². The fraction of sp³-hybridized carbons (Fsp3) is 0.500. The smallest absolute Gasteiger partial charge is 0.288 e. The Morgan fingerprint density at radius 3 is 2.95 bits per heavy atom. The zero-order valence-corrected chi connectivity index (χ0v) is 12.2. The third-order valence-electron chi connectivity index (χ3n) is 3.23. The lowest BCUT2D eigenvalue weighted by Gasteiger charge is -2.33. The molecule has 1 heterocycles. The van der Waals surface area contributed by atoms with Crippen molar-refractivity contribution < 1.29 is 4.92 Å². The topological polar surface area (TPSA) is 58.4 Å². The highest BCUT2D eigenvalue weighted by Gasteiger charge is 2.19. The molecule has 0 saturated carbocycles. The van der Waals surface area contributed by atoms with E-state index in [4.69, 9.17) is 11.6 Å². The fourth-order valence-corrected chi connectivity index (χ4v) is 2.34. The lowest BCUT2D eigenvalue weighted by atomic mass is 10.1. The first-order chi connectivity index (χ1) is 8.58. The van der Waals surface area contributed by atoms with E-state index >= 15 is 0 Å². The number of hydrogen-bond acceptors (Lipinski definition) is 4. The summed E-state index contributed by atoms with van der Waals surface area (Å²) in [6.07, 6.45) is 0. The molecule has 0 bridgehead atoms. The van der Waals surface area contributed by atoms with Gasteiger partial charge in [-0.15, -0.1) is 12.4 Å². The molecular formula is C12H17Cl2N3O2. The van der Waals surface area contributed by atoms with E-state index in [0.717, 1.165) is 31.7 Å². The van der Waals surface area contributed by atoms with Crippen LogP contribution in [0.15, 0.2) is 18.2 Å². The van der Waals surface area contributed by atoms with Crippen LogP contribution in [0.3, 0.4) is 0 Å². The number of nitro groups is 1. The molecule has 1 aliphatic rings. The van der Waals surface area contributed by atoms with E-state index in [1.165, 1.54) is 0 Å². The molecule has 0 aliphatic carbocycles. The number of nitrogens with zero attached hydrogens (tertiary/aromatic N) is 2. The second-order valence-corrected chi connectivity index (χ2v) is 4.97. The molecule has 1 fully saturated rings. The molecule has 0 amide bonds. The highest BCUT2D eigenvalue weighted by atomic mass is 35.5. The second kappa shape index (κ2) is 7.05. The molecule has 1 atom stereocenters. The van der Waals surface area contributed by atoms with Crippen LogP contribution < -0.4 is 5.32 Å². The number of piperazine rings is 1. The van der Waals surface area contributed by atoms with E-state index < -0.39 is 4.92 Å². The van der Waals surface area contributed by atoms with Gasteiger partial charge in [-0.25, -0.2) is 0 Å². The summed E-state index contributed by atoms with van der Waals surface area (Å²) in [6, 6.07) is 5.46. The highest BCUT2D eigenvalue weighted by molar-refractivity contribution is 6.32. The highest BCUT2D eigenvalue weighted by Crippen LogP contribution is 2.26. The van der Waals surface area contributed by atoms with Crippen molar-refractivity contribution in [2.45, 2.75) is 19.5 Å². The fourth-order valence-electron chi connectivity index (χ4n) is 2.15. The van der Waals surface area contributed by atoms with E-state index in [1.807, 2.05) is 6.07 Å². The Labute approximate surface area is 123 Å². The van der Waals surface area contributed by atoms with E-state index in [9.17, 15) is 10.1 Å². The molecule has 1 aromatic carbocycles. The van der Waals surface area contributed by atoms with Crippen LogP contribution in [0, 0.1) is 10.1 Å². The molecule has 0 radical (unpaired) electrons. The summed E-state index contributed by atoms with van der Waals surface area (Å²) in [5.74, 6) is 0. The van der Waals surface area contributed by atoms with Crippen LogP contribution in [0.25, 0.3) is 0 Å². The summed E-state index contributed by atoms with van der Waals surface area (Å²) in [6.45, 7) is 5.74. The molecule has 7 heteroatoms. The van der Waals surface area contributed by atoms with Crippen molar-refractivity contribution in [3.05, 3.63) is 38.9 Å². The van der Waals surface area contributed by atoms with Crippen molar-refractivity contribution in [3.63, 3.8) is 0 Å². The minimum Gasteiger partial charge on any atom is -0.314 e. The molecule has 1 saturated heterocycles. The predicted octanol–water partition coefficient (Wildman–Crippen LogP) is 2.46. The van der Waals surface area contributed by atoms with Gasteiger partial charge >= 0.3 is 0 Å². The lowest BCUT2D eigenvalue weighted by Crippen LogP contribution is -2.49. The van der Waals surface area contributed by atoms with Crippen LogP contribution in [-0.2, 0) is 6.54 Å². The van der Waals surface area contributed by atoms with Crippen molar-refractivity contribution in [2.24, 2.45) is 0 Å². The third-order valence-corrected chi connectivity index (χ3v) is 3.55. The molecule has 5 nitrogen and oxygen atoms in total. The second-order valence-electron chi connectivity index (χ2n) is 4.57. The summed E-state index contributed by atoms with van der Waals surface area (Å²) in [5, 5.41) is 14.3. The number of rotatable bonds is 3. The van der Waals surface area contributed by atoms with Gasteiger partial charge in [-0.05, 0) is 18.6 Å². The van der Waals surface area contributed by atoms with Crippen molar-refractivity contribution in [1.29, 1.82) is 0 Å². The van der Waals surface area contributed by atoms with E-state index in [-0.39, 0.29) is 23.1 Å². The van der Waals surface area contributed by atoms with Gasteiger partial charge in [0.1, 0.15) is 5.02 Å². The first-order valence-electron chi connectivity index (χ1n) is 5.95. The molecule has 0 spiro atoms. The standard InChI is InChI=1S/C12H16ClN3O2.ClH/c1-9-7-14-4-5-15(9)8-10-2-3-11(13)12(6-10)16(17)18;/h2-3,6,9,14H,4-5,7-8H2,1H3;1H. The molecular weight excluding hydrogens is 289 g/mol. The number of nitro benzene ring substituents is 1. The van der Waals surface area contributed by atoms with E-state index in [0.29, 0.717) is 6.04 Å². The SMILES string of the molecule is CC1CNCCN1Cc1ccc(Cl)c([N+](=O)[O-])c1.Cl. The van der Waals surface area contributed by atoms with Crippen LogP contribution in [0.1, 0.15) is 12.5 Å². The summed E-state index contributed by atoms with van der Waals surface area (Å²) in [7, 11) is 0. The van der Waals surface area contributed by atoms with Crippen molar-refractivity contribution >= 4 is 29.7 Å². The van der Waals surface area contributed by atoms with Crippen molar-refractivity contribution in [1.82, 2.24) is 10.2 Å². The van der Waals surface area contributed by atoms with Gasteiger partial charge < -0.3 is 5.32 Å². The van der Waals surface area contributed by atoms with Gasteiger partial charge in [0.2, 0.25) is 0 Å². The summed E-state index contributed by atoms with van der Waals surface area (Å²) in [5.41, 5.74) is 0.914. The largest absolute Gasteiger partial charge is 0.314 e. The molecule has 2 rings (SSSR count). The number of benzene rings is 1. The normalized spacial score (nSPS) is 19.8. The quantitative estimate of drug-likeness (QED) is 0.688. The number of nitrogens with one attached hydrogen (secondary N) is 1. The maximum atomic E-state index is 10.8. The Hall–Kier alpha value is -0.880. The first-order valence-corrected chi connectivity index (χ1v) is 6.33. The van der Waals surface area contributed by atoms with Crippen LogP contribution in [-0.4, -0.2) is 35.5 Å². The monoisotopic (exact) mass is 305 g/mol. The Bertz CT molecular complexity index is 457. The summed E-state index contributed by atoms with van der Waals surface area (Å²) >= 11 is 5.80. The molecule has 1 aliphatic heterocycles. The first kappa shape index (κ1) is 16.2. The molecule has 106 valence electrons. The summed E-state index contributed by atoms with van der Waals surface area (Å²) in [4.78, 5) is 12.7. The average molecular weight is 306 g/mol. The van der Waals surface area contributed by atoms with Gasteiger partial charge in [-0.2, -0.15) is 0 Å². The predicted molar refractivity (Wildman–Crippen MR) is 78.1 cm³/mol. The van der Waals surface area contributed by atoms with Gasteiger partial charge in [0.25, 0.3) is 5.69 Å². The molecule has 1 aromatic rings. The Kier molecular flexibility index (Phi) is 6.00. The minimum absolute atomic E-state index is 0. The van der Waals surface area contributed by atoms with Crippen LogP contribution in [0.4, 0.5) is 5.69 Å². The van der Waals surface area contributed by atoms with Crippen molar-refractivity contribution in [2.75, 3.05) is 19.6 Å². The Balaban J connectivity index is 0.00000180. The lowest BCUT2D eigenvalue weighted by molar-refractivity contribution is -0.384. The van der Waals surface area contributed by atoms with Gasteiger partial charge in [0.15, 0.2) is 0 Å². The zero-order chi connectivity index (χ0) is 13.1. The average Bonchev–Trinajstić information content (AvgIpc) is 2.34. The molecule has 1 N–H and O–H groups in total. The zero-order valence-electron chi connectivity index (χ0n) is 10.6. The van der Waals surface area contributed by atoms with E-state index in [2.05, 4.69) is 17.1 Å². The minimum atomic E-state index is -0.437.